The third-order valence-electron chi connectivity index (χ3n) is 5.73. The second-order valence-corrected chi connectivity index (χ2v) is 7.85. The van der Waals surface area contributed by atoms with E-state index in [1.807, 2.05) is 0 Å². The van der Waals surface area contributed by atoms with Crippen molar-refractivity contribution in [1.29, 1.82) is 0 Å². The molecule has 26 heavy (non-hydrogen) atoms. The maximum Gasteiger partial charge on any atom is 0.0716 e. The molecule has 0 N–H and O–H groups in total. The summed E-state index contributed by atoms with van der Waals surface area (Å²) < 4.78 is 22.7. The third kappa shape index (κ3) is 6.05. The highest BCUT2D eigenvalue weighted by atomic mass is 16.5. The van der Waals surface area contributed by atoms with E-state index < -0.39 is 0 Å². The van der Waals surface area contributed by atoms with Gasteiger partial charge >= 0.3 is 0 Å². The molecular formula is C22H34O4. The molecule has 146 valence electrons. The Bertz CT molecular complexity index is 460. The lowest BCUT2D eigenvalue weighted by molar-refractivity contribution is -0.0864. The fraction of sp³-hybridized carbons (Fsp3) is 0.727. The molecule has 1 aromatic rings. The van der Waals surface area contributed by atoms with Crippen LogP contribution in [-0.4, -0.2) is 38.6 Å². The first kappa shape index (κ1) is 19.8. The van der Waals surface area contributed by atoms with Gasteiger partial charge in [0.05, 0.1) is 25.4 Å². The molecule has 2 aliphatic rings. The predicted molar refractivity (Wildman–Crippen MR) is 102 cm³/mol. The molecule has 0 bridgehead atoms. The fourth-order valence-corrected chi connectivity index (χ4v) is 3.43. The van der Waals surface area contributed by atoms with Crippen molar-refractivity contribution in [2.75, 3.05) is 26.4 Å². The van der Waals surface area contributed by atoms with Crippen molar-refractivity contribution in [2.24, 2.45) is 11.8 Å². The maximum absolute atomic E-state index is 5.81. The Morgan fingerprint density at radius 3 is 1.50 bits per heavy atom. The first-order valence-electron chi connectivity index (χ1n) is 10.2. The first-order valence-corrected chi connectivity index (χ1v) is 10.2. The summed E-state index contributed by atoms with van der Waals surface area (Å²) in [5.41, 5.74) is 2.44. The van der Waals surface area contributed by atoms with Gasteiger partial charge < -0.3 is 18.9 Å². The van der Waals surface area contributed by atoms with Gasteiger partial charge in [0.2, 0.25) is 0 Å². The molecule has 0 amide bonds. The average molecular weight is 363 g/mol. The topological polar surface area (TPSA) is 36.9 Å². The van der Waals surface area contributed by atoms with E-state index >= 15 is 0 Å². The minimum atomic E-state index is 0.460. The van der Waals surface area contributed by atoms with Crippen molar-refractivity contribution in [1.82, 2.24) is 0 Å². The second-order valence-electron chi connectivity index (χ2n) is 7.85. The Hall–Kier alpha value is -0.940. The van der Waals surface area contributed by atoms with Gasteiger partial charge in [-0.15, -0.1) is 0 Å². The summed E-state index contributed by atoms with van der Waals surface area (Å²) in [6.45, 7) is 9.32. The molecule has 4 heteroatoms. The van der Waals surface area contributed by atoms with Crippen LogP contribution in [0.1, 0.15) is 50.7 Å². The van der Waals surface area contributed by atoms with Gasteiger partial charge in [-0.25, -0.2) is 0 Å². The molecule has 2 heterocycles. The quantitative estimate of drug-likeness (QED) is 0.518. The molecule has 0 aliphatic carbocycles. The fourth-order valence-electron chi connectivity index (χ4n) is 3.43. The van der Waals surface area contributed by atoms with Crippen LogP contribution in [0.5, 0.6) is 0 Å². The van der Waals surface area contributed by atoms with Crippen LogP contribution in [0.2, 0.25) is 0 Å². The van der Waals surface area contributed by atoms with Crippen molar-refractivity contribution in [3.05, 3.63) is 35.4 Å². The molecule has 3 rings (SSSR count). The molecule has 0 radical (unpaired) electrons. The molecule has 2 aliphatic heterocycles. The molecule has 4 atom stereocenters. The van der Waals surface area contributed by atoms with Gasteiger partial charge in [-0.05, 0) is 48.6 Å². The highest BCUT2D eigenvalue weighted by molar-refractivity contribution is 5.21. The summed E-state index contributed by atoms with van der Waals surface area (Å²) in [7, 11) is 0. The van der Waals surface area contributed by atoms with E-state index in [1.54, 1.807) is 0 Å². The zero-order chi connectivity index (χ0) is 18.2. The van der Waals surface area contributed by atoms with Crippen LogP contribution in [0.15, 0.2) is 24.3 Å². The van der Waals surface area contributed by atoms with Crippen LogP contribution >= 0.6 is 0 Å². The number of benzene rings is 1. The minimum absolute atomic E-state index is 0.460. The monoisotopic (exact) mass is 362 g/mol. The highest BCUT2D eigenvalue weighted by Crippen LogP contribution is 2.23. The van der Waals surface area contributed by atoms with E-state index in [0.717, 1.165) is 39.3 Å². The average Bonchev–Trinajstić information content (AvgIpc) is 2.53. The minimum Gasteiger partial charge on any atom is -0.378 e. The summed E-state index contributed by atoms with van der Waals surface area (Å²) >= 11 is 0. The van der Waals surface area contributed by atoms with Gasteiger partial charge in [-0.2, -0.15) is 0 Å². The van der Waals surface area contributed by atoms with Gasteiger partial charge in [0, 0.05) is 26.4 Å². The lowest BCUT2D eigenvalue weighted by Gasteiger charge is -2.31. The van der Waals surface area contributed by atoms with Crippen LogP contribution in [0.4, 0.5) is 0 Å². The van der Waals surface area contributed by atoms with Gasteiger partial charge in [0.1, 0.15) is 0 Å². The Kier molecular flexibility index (Phi) is 7.93. The molecule has 0 spiro atoms. The lowest BCUT2D eigenvalue weighted by Crippen LogP contribution is -2.33. The van der Waals surface area contributed by atoms with Gasteiger partial charge in [-0.1, -0.05) is 38.1 Å². The molecule has 4 unspecified atom stereocenters. The SMILES string of the molecule is CC(CCOCc1ccc(COCCC(C)C2CCO2)cc1)C1CCO1. The number of hydrogen-bond acceptors (Lipinski definition) is 4. The van der Waals surface area contributed by atoms with Crippen molar-refractivity contribution in [3.63, 3.8) is 0 Å². The van der Waals surface area contributed by atoms with Gasteiger partial charge in [-0.3, -0.25) is 0 Å². The Morgan fingerprint density at radius 1 is 0.808 bits per heavy atom. The largest absolute Gasteiger partial charge is 0.378 e. The zero-order valence-electron chi connectivity index (χ0n) is 16.3. The standard InChI is InChI=1S/C22H34O4/c1-17(21-9-13-25-21)7-11-23-15-19-3-5-20(6-4-19)16-24-12-8-18(2)22-10-14-26-22/h3-6,17-18,21-22H,7-16H2,1-2H3. The van der Waals surface area contributed by atoms with Crippen molar-refractivity contribution < 1.29 is 18.9 Å². The first-order chi connectivity index (χ1) is 12.7. The Labute approximate surface area is 158 Å². The van der Waals surface area contributed by atoms with E-state index in [4.69, 9.17) is 18.9 Å². The molecule has 2 saturated heterocycles. The molecule has 0 saturated carbocycles. The summed E-state index contributed by atoms with van der Waals surface area (Å²) in [5, 5.41) is 0. The summed E-state index contributed by atoms with van der Waals surface area (Å²) in [4.78, 5) is 0. The number of ether oxygens (including phenoxy) is 4. The number of hydrogen-bond donors (Lipinski definition) is 0. The van der Waals surface area contributed by atoms with Crippen molar-refractivity contribution >= 4 is 0 Å². The zero-order valence-corrected chi connectivity index (χ0v) is 16.3. The van der Waals surface area contributed by atoms with Crippen LogP contribution < -0.4 is 0 Å². The maximum atomic E-state index is 5.81. The highest BCUT2D eigenvalue weighted by Gasteiger charge is 2.25. The van der Waals surface area contributed by atoms with Crippen molar-refractivity contribution in [3.8, 4) is 0 Å². The van der Waals surface area contributed by atoms with E-state index in [1.165, 1.54) is 24.0 Å². The lowest BCUT2D eigenvalue weighted by atomic mass is 9.96. The summed E-state index contributed by atoms with van der Waals surface area (Å²) in [6, 6.07) is 8.56. The van der Waals surface area contributed by atoms with Crippen LogP contribution in [-0.2, 0) is 32.2 Å². The molecule has 1 aromatic carbocycles. The van der Waals surface area contributed by atoms with Crippen LogP contribution in [0.3, 0.4) is 0 Å². The molecular weight excluding hydrogens is 328 g/mol. The summed E-state index contributed by atoms with van der Waals surface area (Å²) in [6.07, 6.45) is 5.47. The van der Waals surface area contributed by atoms with Crippen LogP contribution in [0.25, 0.3) is 0 Å². The molecule has 0 aromatic heterocycles. The smallest absolute Gasteiger partial charge is 0.0716 e. The van der Waals surface area contributed by atoms with E-state index in [2.05, 4.69) is 38.1 Å². The Balaban J connectivity index is 1.24. The second kappa shape index (κ2) is 10.4. The van der Waals surface area contributed by atoms with Crippen LogP contribution in [0, 0.1) is 11.8 Å². The van der Waals surface area contributed by atoms with Gasteiger partial charge in [0.15, 0.2) is 0 Å². The third-order valence-corrected chi connectivity index (χ3v) is 5.73. The predicted octanol–water partition coefficient (Wildman–Crippen LogP) is 4.35. The van der Waals surface area contributed by atoms with E-state index in [9.17, 15) is 0 Å². The summed E-state index contributed by atoms with van der Waals surface area (Å²) in [5.74, 6) is 1.20. The Morgan fingerprint density at radius 2 is 1.19 bits per heavy atom. The molecule has 4 nitrogen and oxygen atoms in total. The van der Waals surface area contributed by atoms with Crippen molar-refractivity contribution in [2.45, 2.75) is 65.0 Å². The molecule has 2 fully saturated rings. The normalized spacial score (nSPS) is 24.5. The van der Waals surface area contributed by atoms with Gasteiger partial charge in [0.25, 0.3) is 0 Å². The van der Waals surface area contributed by atoms with E-state index in [0.29, 0.717) is 37.3 Å². The number of rotatable bonds is 12. The van der Waals surface area contributed by atoms with E-state index in [-0.39, 0.29) is 0 Å².